The maximum absolute atomic E-state index is 13.6. The molecule has 6 heterocycles. The van der Waals surface area contributed by atoms with E-state index in [1.807, 2.05) is 12.1 Å². The van der Waals surface area contributed by atoms with Crippen molar-refractivity contribution in [1.82, 2.24) is 40.0 Å². The predicted molar refractivity (Wildman–Crippen MR) is 238 cm³/mol. The molecule has 0 spiro atoms. The molecule has 3 aliphatic heterocycles. The zero-order chi connectivity index (χ0) is 45.6. The Morgan fingerprint density at radius 2 is 1.58 bits per heavy atom. The number of nitrogens with zero attached hydrogens (tertiary/aromatic N) is 7. The van der Waals surface area contributed by atoms with Crippen molar-refractivity contribution >= 4 is 69.5 Å². The van der Waals surface area contributed by atoms with Crippen LogP contribution in [0.5, 0.6) is 0 Å². The van der Waals surface area contributed by atoms with Gasteiger partial charge in [-0.3, -0.25) is 53.2 Å². The van der Waals surface area contributed by atoms with Crippen LogP contribution in [0.25, 0.3) is 11.0 Å². The summed E-state index contributed by atoms with van der Waals surface area (Å²) in [5.74, 6) is -1.66. The number of aromatic nitrogens is 4. The summed E-state index contributed by atoms with van der Waals surface area (Å²) < 4.78 is 12.9. The molecule has 1 saturated carbocycles. The van der Waals surface area contributed by atoms with Crippen LogP contribution in [-0.2, 0) is 23.9 Å². The van der Waals surface area contributed by atoms with Crippen molar-refractivity contribution in [3.8, 4) is 0 Å². The van der Waals surface area contributed by atoms with Crippen molar-refractivity contribution in [1.29, 1.82) is 0 Å². The lowest BCUT2D eigenvalue weighted by atomic mass is 10.0. The molecule has 4 N–H and O–H groups in total. The van der Waals surface area contributed by atoms with Crippen molar-refractivity contribution in [3.05, 3.63) is 75.3 Å². The highest BCUT2D eigenvalue weighted by Crippen LogP contribution is 2.33. The topological polar surface area (TPSA) is 239 Å². The fraction of sp³-hybridized carbons (Fsp3) is 0.467. The van der Waals surface area contributed by atoms with E-state index in [1.54, 1.807) is 42.1 Å². The Morgan fingerprint density at radius 1 is 0.846 bits per heavy atom. The van der Waals surface area contributed by atoms with E-state index in [-0.39, 0.29) is 59.4 Å². The third-order valence-electron chi connectivity index (χ3n) is 12.3. The smallest absolute Gasteiger partial charge is 0.263 e. The monoisotopic (exact) mass is 891 g/mol. The molecule has 3 fully saturated rings. The first-order chi connectivity index (χ1) is 31.5. The number of ether oxygens (including phenoxy) is 2. The van der Waals surface area contributed by atoms with Gasteiger partial charge in [0.25, 0.3) is 17.4 Å². The number of hydrogen-bond donors (Lipinski definition) is 4. The lowest BCUT2D eigenvalue weighted by Gasteiger charge is -2.35. The van der Waals surface area contributed by atoms with Crippen molar-refractivity contribution in [3.63, 3.8) is 0 Å². The average Bonchev–Trinajstić information content (AvgIpc) is 3.90. The molecule has 20 nitrogen and oxygen atoms in total. The van der Waals surface area contributed by atoms with Gasteiger partial charge < -0.3 is 30.3 Å². The molecule has 1 aromatic carbocycles. The minimum Gasteiger partial charge on any atom is -0.383 e. The summed E-state index contributed by atoms with van der Waals surface area (Å²) in [6.45, 7) is 8.56. The number of imide groups is 2. The lowest BCUT2D eigenvalue weighted by Crippen LogP contribution is -2.54. The standard InChI is InChI=1S/C45H53N11O9/c1-27-34-25-49-45(52-40(34)55(30-5-3-4-6-30)44(63)39(27)28(2)57)50-36-11-8-31(24-48-36)54-17-15-53(16-18-54)26-38(59)47-14-20-65-22-21-64-19-13-46-29-7-9-32-33(23-29)43(62)56(42(32)61)35-10-12-37(58)51-41(35)60/h7-9,11,23-25,30,35,46H,3-6,10,12-22,26H2,1-2H3,(H,47,59)(H,51,58,60)(H,48,49,50,52). The largest absolute Gasteiger partial charge is 0.383 e. The van der Waals surface area contributed by atoms with Gasteiger partial charge in [0.1, 0.15) is 17.5 Å². The number of carbonyl (C=O) groups excluding carboxylic acids is 6. The van der Waals surface area contributed by atoms with Crippen molar-refractivity contribution < 1.29 is 38.2 Å². The summed E-state index contributed by atoms with van der Waals surface area (Å²) in [6, 6.07) is 7.62. The molecular formula is C45H53N11O9. The first kappa shape index (κ1) is 44.9. The number of rotatable bonds is 18. The molecule has 1 aliphatic carbocycles. The minimum absolute atomic E-state index is 0.0107. The molecule has 0 bridgehead atoms. The summed E-state index contributed by atoms with van der Waals surface area (Å²) in [5.41, 5.74) is 3.01. The molecule has 2 saturated heterocycles. The van der Waals surface area contributed by atoms with Gasteiger partial charge in [0.15, 0.2) is 5.78 Å². The number of amides is 5. The first-order valence-corrected chi connectivity index (χ1v) is 22.1. The highest BCUT2D eigenvalue weighted by molar-refractivity contribution is 6.23. The van der Waals surface area contributed by atoms with E-state index in [9.17, 15) is 33.6 Å². The van der Waals surface area contributed by atoms with Gasteiger partial charge in [0.2, 0.25) is 23.7 Å². The minimum atomic E-state index is -1.01. The van der Waals surface area contributed by atoms with Gasteiger partial charge in [-0.2, -0.15) is 4.98 Å². The Labute approximate surface area is 374 Å². The number of ketones is 1. The molecule has 342 valence electrons. The Bertz CT molecular complexity index is 2550. The maximum atomic E-state index is 13.6. The number of nitrogens with one attached hydrogen (secondary N) is 4. The number of piperazine rings is 1. The van der Waals surface area contributed by atoms with Crippen molar-refractivity contribution in [2.45, 2.75) is 64.5 Å². The highest BCUT2D eigenvalue weighted by Gasteiger charge is 2.44. The van der Waals surface area contributed by atoms with Crippen LogP contribution in [-0.4, -0.2) is 143 Å². The molecule has 65 heavy (non-hydrogen) atoms. The molecular weight excluding hydrogens is 839 g/mol. The molecule has 20 heteroatoms. The van der Waals surface area contributed by atoms with Crippen molar-refractivity contribution in [2.24, 2.45) is 0 Å². The fourth-order valence-electron chi connectivity index (χ4n) is 8.93. The molecule has 8 rings (SSSR count). The summed E-state index contributed by atoms with van der Waals surface area (Å²) in [4.78, 5) is 108. The fourth-order valence-corrected chi connectivity index (χ4v) is 8.93. The SMILES string of the molecule is CC(=O)c1c(C)c2cnc(Nc3ccc(N4CCN(CC(=O)NCCOCCOCCNc5ccc6c(c5)C(=O)N(C5CCC(=O)NC5=O)C6=O)CC4)cn3)nc2n(C2CCCC2)c1=O. The quantitative estimate of drug-likeness (QED) is 0.0637. The van der Waals surface area contributed by atoms with Gasteiger partial charge in [-0.05, 0) is 69.0 Å². The highest BCUT2D eigenvalue weighted by atomic mass is 16.5. The number of hydrogen-bond acceptors (Lipinski definition) is 16. The van der Waals surface area contributed by atoms with E-state index in [1.165, 1.54) is 6.92 Å². The van der Waals surface area contributed by atoms with Crippen molar-refractivity contribution in [2.75, 3.05) is 87.8 Å². The van der Waals surface area contributed by atoms with Gasteiger partial charge in [0, 0.05) is 69.0 Å². The number of fused-ring (bicyclic) bond motifs is 2. The summed E-state index contributed by atoms with van der Waals surface area (Å²) in [5, 5.41) is 12.1. The number of Topliss-reactive ketones (excluding diaryl/α,β-unsaturated/α-hetero) is 1. The second-order valence-corrected chi connectivity index (χ2v) is 16.6. The van der Waals surface area contributed by atoms with E-state index in [0.717, 1.165) is 49.4 Å². The number of pyridine rings is 2. The Balaban J connectivity index is 0.697. The number of benzene rings is 1. The molecule has 3 aromatic heterocycles. The van der Waals surface area contributed by atoms with Gasteiger partial charge in [0.05, 0.1) is 61.5 Å². The predicted octanol–water partition coefficient (Wildman–Crippen LogP) is 2.34. The van der Waals surface area contributed by atoms with Crippen LogP contribution in [0.1, 0.15) is 88.1 Å². The molecule has 4 aliphatic rings. The zero-order valence-electron chi connectivity index (χ0n) is 36.5. The summed E-state index contributed by atoms with van der Waals surface area (Å²) in [7, 11) is 0. The Hall–Kier alpha value is -6.64. The summed E-state index contributed by atoms with van der Waals surface area (Å²) in [6.07, 6.45) is 7.39. The normalized spacial score (nSPS) is 18.0. The second kappa shape index (κ2) is 20.0. The van der Waals surface area contributed by atoms with Crippen LogP contribution < -0.4 is 31.7 Å². The number of aryl methyl sites for hydroxylation is 1. The van der Waals surface area contributed by atoms with E-state index in [4.69, 9.17) is 14.5 Å². The third-order valence-corrected chi connectivity index (χ3v) is 12.3. The van der Waals surface area contributed by atoms with Crippen LogP contribution in [0.3, 0.4) is 0 Å². The molecule has 4 aromatic rings. The van der Waals surface area contributed by atoms with Crippen LogP contribution in [0, 0.1) is 6.92 Å². The molecule has 0 radical (unpaired) electrons. The van der Waals surface area contributed by atoms with Crippen LogP contribution >= 0.6 is 0 Å². The van der Waals surface area contributed by atoms with E-state index < -0.39 is 29.7 Å². The number of piperidine rings is 1. The number of anilines is 4. The molecule has 5 amide bonds. The van der Waals surface area contributed by atoms with Crippen LogP contribution in [0.2, 0.25) is 0 Å². The second-order valence-electron chi connectivity index (χ2n) is 16.6. The number of carbonyl (C=O) groups is 6. The van der Waals surface area contributed by atoms with Crippen LogP contribution in [0.15, 0.2) is 47.5 Å². The third kappa shape index (κ3) is 10.0. The average molecular weight is 892 g/mol. The lowest BCUT2D eigenvalue weighted by molar-refractivity contribution is -0.136. The summed E-state index contributed by atoms with van der Waals surface area (Å²) >= 11 is 0. The van der Waals surface area contributed by atoms with Gasteiger partial charge in [-0.25, -0.2) is 9.97 Å². The van der Waals surface area contributed by atoms with Gasteiger partial charge in [-0.15, -0.1) is 0 Å². The van der Waals surface area contributed by atoms with Gasteiger partial charge in [-0.1, -0.05) is 12.8 Å². The van der Waals surface area contributed by atoms with E-state index >= 15 is 0 Å². The molecule has 1 unspecified atom stereocenters. The zero-order valence-corrected chi connectivity index (χ0v) is 36.5. The van der Waals surface area contributed by atoms with E-state index in [0.29, 0.717) is 86.7 Å². The van der Waals surface area contributed by atoms with Gasteiger partial charge >= 0.3 is 0 Å². The Kier molecular flexibility index (Phi) is 13.9. The Morgan fingerprint density at radius 3 is 2.29 bits per heavy atom. The molecule has 1 atom stereocenters. The maximum Gasteiger partial charge on any atom is 0.263 e. The first-order valence-electron chi connectivity index (χ1n) is 22.1. The van der Waals surface area contributed by atoms with E-state index in [2.05, 4.69) is 41.0 Å². The van der Waals surface area contributed by atoms with Crippen LogP contribution in [0.4, 0.5) is 23.1 Å².